The molecule has 1 aliphatic rings. The summed E-state index contributed by atoms with van der Waals surface area (Å²) in [5, 5.41) is 0. The highest BCUT2D eigenvalue weighted by atomic mass is 16.5. The van der Waals surface area contributed by atoms with Gasteiger partial charge in [0.2, 0.25) is 0 Å². The Hall–Kier alpha value is -1.84. The van der Waals surface area contributed by atoms with Crippen LogP contribution in [0.3, 0.4) is 0 Å². The van der Waals surface area contributed by atoms with Crippen molar-refractivity contribution in [3.8, 4) is 0 Å². The van der Waals surface area contributed by atoms with Gasteiger partial charge in [-0.15, -0.1) is 0 Å². The first-order valence-electron chi connectivity index (χ1n) is 7.49. The average molecular weight is 282 g/mol. The van der Waals surface area contributed by atoms with Crippen LogP contribution in [0.2, 0.25) is 0 Å². The maximum atomic E-state index is 6.52. The number of nitrogens with two attached hydrogens (primary N) is 1. The fraction of sp³-hybridized carbons (Fsp3) is 0.333. The van der Waals surface area contributed by atoms with Crippen molar-refractivity contribution in [3.05, 3.63) is 65.2 Å². The van der Waals surface area contributed by atoms with Crippen molar-refractivity contribution in [2.24, 2.45) is 5.73 Å². The lowest BCUT2D eigenvalue weighted by atomic mass is 9.96. The van der Waals surface area contributed by atoms with Gasteiger partial charge < -0.3 is 15.4 Å². The van der Waals surface area contributed by atoms with E-state index in [1.54, 1.807) is 0 Å². The van der Waals surface area contributed by atoms with Crippen LogP contribution < -0.4 is 10.6 Å². The van der Waals surface area contributed by atoms with Crippen molar-refractivity contribution in [1.82, 2.24) is 0 Å². The number of aryl methyl sites for hydroxylation is 1. The molecule has 2 aromatic carbocycles. The zero-order chi connectivity index (χ0) is 14.7. The van der Waals surface area contributed by atoms with Crippen LogP contribution in [0.25, 0.3) is 0 Å². The summed E-state index contributed by atoms with van der Waals surface area (Å²) < 4.78 is 5.46. The third-order valence-corrected chi connectivity index (χ3v) is 4.03. The number of anilines is 1. The van der Waals surface area contributed by atoms with E-state index >= 15 is 0 Å². The predicted octanol–water partition coefficient (Wildman–Crippen LogP) is 2.88. The molecule has 3 nitrogen and oxygen atoms in total. The number of morpholine rings is 1. The largest absolute Gasteiger partial charge is 0.378 e. The smallest absolute Gasteiger partial charge is 0.0642 e. The van der Waals surface area contributed by atoms with E-state index in [4.69, 9.17) is 10.5 Å². The van der Waals surface area contributed by atoms with Crippen molar-refractivity contribution in [2.75, 3.05) is 31.2 Å². The first kappa shape index (κ1) is 14.1. The van der Waals surface area contributed by atoms with Gasteiger partial charge in [-0.25, -0.2) is 0 Å². The maximum Gasteiger partial charge on any atom is 0.0642 e. The van der Waals surface area contributed by atoms with E-state index in [1.807, 2.05) is 18.2 Å². The minimum atomic E-state index is -0.0929. The van der Waals surface area contributed by atoms with E-state index in [0.717, 1.165) is 31.9 Å². The van der Waals surface area contributed by atoms with E-state index in [0.29, 0.717) is 0 Å². The molecule has 1 unspecified atom stereocenters. The molecular formula is C18H22N2O. The molecule has 0 aliphatic carbocycles. The van der Waals surface area contributed by atoms with Gasteiger partial charge in [0, 0.05) is 18.8 Å². The summed E-state index contributed by atoms with van der Waals surface area (Å²) in [5.74, 6) is 0. The van der Waals surface area contributed by atoms with Crippen molar-refractivity contribution >= 4 is 5.69 Å². The lowest BCUT2D eigenvalue weighted by Crippen LogP contribution is -2.37. The second kappa shape index (κ2) is 6.29. The van der Waals surface area contributed by atoms with Gasteiger partial charge in [0.05, 0.1) is 19.3 Å². The highest BCUT2D eigenvalue weighted by Gasteiger charge is 2.19. The summed E-state index contributed by atoms with van der Waals surface area (Å²) in [6.45, 7) is 5.56. The first-order chi connectivity index (χ1) is 10.3. The molecule has 0 aromatic heterocycles. The third kappa shape index (κ3) is 3.09. The Labute approximate surface area is 126 Å². The summed E-state index contributed by atoms with van der Waals surface area (Å²) in [6, 6.07) is 16.7. The normalized spacial score (nSPS) is 16.8. The second-order valence-corrected chi connectivity index (χ2v) is 5.55. The van der Waals surface area contributed by atoms with Crippen LogP contribution in [-0.4, -0.2) is 26.3 Å². The van der Waals surface area contributed by atoms with Crippen LogP contribution in [0.1, 0.15) is 22.7 Å². The topological polar surface area (TPSA) is 38.5 Å². The average Bonchev–Trinajstić information content (AvgIpc) is 2.56. The Balaban J connectivity index is 1.97. The molecule has 21 heavy (non-hydrogen) atoms. The fourth-order valence-electron chi connectivity index (χ4n) is 2.83. The minimum Gasteiger partial charge on any atom is -0.378 e. The summed E-state index contributed by atoms with van der Waals surface area (Å²) in [5.41, 5.74) is 11.4. The molecule has 3 rings (SSSR count). The second-order valence-electron chi connectivity index (χ2n) is 5.55. The van der Waals surface area contributed by atoms with Gasteiger partial charge >= 0.3 is 0 Å². The number of nitrogens with zero attached hydrogens (tertiary/aromatic N) is 1. The highest BCUT2D eigenvalue weighted by Crippen LogP contribution is 2.30. The van der Waals surface area contributed by atoms with E-state index in [2.05, 4.69) is 42.2 Å². The Morgan fingerprint density at radius 3 is 2.48 bits per heavy atom. The fourth-order valence-corrected chi connectivity index (χ4v) is 2.83. The molecular weight excluding hydrogens is 260 g/mol. The molecule has 1 aliphatic heterocycles. The monoisotopic (exact) mass is 282 g/mol. The van der Waals surface area contributed by atoms with Crippen LogP contribution in [0, 0.1) is 6.92 Å². The maximum absolute atomic E-state index is 6.52. The standard InChI is InChI=1S/C18H22N2O/c1-14-7-8-16(18(19)15-5-3-2-4-6-15)17(13-14)20-9-11-21-12-10-20/h2-8,13,18H,9-12,19H2,1H3. The van der Waals surface area contributed by atoms with E-state index in [9.17, 15) is 0 Å². The molecule has 1 fully saturated rings. The number of ether oxygens (including phenoxy) is 1. The predicted molar refractivity (Wildman–Crippen MR) is 86.7 cm³/mol. The molecule has 0 spiro atoms. The van der Waals surface area contributed by atoms with E-state index in [-0.39, 0.29) is 6.04 Å². The molecule has 0 amide bonds. The SMILES string of the molecule is Cc1ccc(C(N)c2ccccc2)c(N2CCOCC2)c1. The Kier molecular flexibility index (Phi) is 4.23. The van der Waals surface area contributed by atoms with Gasteiger partial charge in [-0.05, 0) is 29.7 Å². The van der Waals surface area contributed by atoms with Crippen molar-refractivity contribution < 1.29 is 4.74 Å². The van der Waals surface area contributed by atoms with Crippen molar-refractivity contribution in [2.45, 2.75) is 13.0 Å². The summed E-state index contributed by atoms with van der Waals surface area (Å²) in [4.78, 5) is 2.38. The van der Waals surface area contributed by atoms with Gasteiger partial charge in [0.15, 0.2) is 0 Å². The number of rotatable bonds is 3. The quantitative estimate of drug-likeness (QED) is 0.940. The number of hydrogen-bond acceptors (Lipinski definition) is 3. The first-order valence-corrected chi connectivity index (χ1v) is 7.49. The summed E-state index contributed by atoms with van der Waals surface area (Å²) >= 11 is 0. The van der Waals surface area contributed by atoms with E-state index < -0.39 is 0 Å². The summed E-state index contributed by atoms with van der Waals surface area (Å²) in [6.07, 6.45) is 0. The molecule has 3 heteroatoms. The molecule has 2 N–H and O–H groups in total. The van der Waals surface area contributed by atoms with Crippen molar-refractivity contribution in [3.63, 3.8) is 0 Å². The van der Waals surface area contributed by atoms with Gasteiger partial charge in [0.1, 0.15) is 0 Å². The Bertz CT molecular complexity index is 591. The van der Waals surface area contributed by atoms with E-state index in [1.165, 1.54) is 16.8 Å². The Morgan fingerprint density at radius 1 is 1.05 bits per heavy atom. The minimum absolute atomic E-state index is 0.0929. The molecule has 0 bridgehead atoms. The molecule has 1 heterocycles. The molecule has 0 saturated carbocycles. The molecule has 1 saturated heterocycles. The van der Waals surface area contributed by atoms with Crippen LogP contribution in [-0.2, 0) is 4.74 Å². The van der Waals surface area contributed by atoms with Gasteiger partial charge in [0.25, 0.3) is 0 Å². The van der Waals surface area contributed by atoms with Crippen LogP contribution in [0.4, 0.5) is 5.69 Å². The van der Waals surface area contributed by atoms with Crippen LogP contribution in [0.5, 0.6) is 0 Å². The Morgan fingerprint density at radius 2 is 1.76 bits per heavy atom. The molecule has 1 atom stereocenters. The lowest BCUT2D eigenvalue weighted by Gasteiger charge is -2.32. The number of benzene rings is 2. The van der Waals surface area contributed by atoms with Crippen LogP contribution in [0.15, 0.2) is 48.5 Å². The molecule has 2 aromatic rings. The van der Waals surface area contributed by atoms with Crippen molar-refractivity contribution in [1.29, 1.82) is 0 Å². The molecule has 0 radical (unpaired) electrons. The molecule has 110 valence electrons. The highest BCUT2D eigenvalue weighted by molar-refractivity contribution is 5.58. The van der Waals surface area contributed by atoms with Gasteiger partial charge in [-0.1, -0.05) is 42.5 Å². The van der Waals surface area contributed by atoms with Gasteiger partial charge in [-0.2, -0.15) is 0 Å². The number of hydrogen-bond donors (Lipinski definition) is 1. The summed E-state index contributed by atoms with van der Waals surface area (Å²) in [7, 11) is 0. The zero-order valence-electron chi connectivity index (χ0n) is 12.5. The zero-order valence-corrected chi connectivity index (χ0v) is 12.5. The third-order valence-electron chi connectivity index (χ3n) is 4.03. The van der Waals surface area contributed by atoms with Crippen LogP contribution >= 0.6 is 0 Å². The lowest BCUT2D eigenvalue weighted by molar-refractivity contribution is 0.122. The van der Waals surface area contributed by atoms with Gasteiger partial charge in [-0.3, -0.25) is 0 Å².